The number of hydrogen-bond donors (Lipinski definition) is 1. The fourth-order valence-corrected chi connectivity index (χ4v) is 2.73. The Morgan fingerprint density at radius 2 is 2.06 bits per heavy atom. The lowest BCUT2D eigenvalue weighted by Crippen LogP contribution is -2.25. The molecule has 0 saturated heterocycles. The molecule has 1 rings (SSSR count). The summed E-state index contributed by atoms with van der Waals surface area (Å²) in [6.07, 6.45) is 0.668. The van der Waals surface area contributed by atoms with Gasteiger partial charge in [-0.2, -0.15) is 0 Å². The number of rotatable bonds is 4. The van der Waals surface area contributed by atoms with E-state index in [-0.39, 0.29) is 5.02 Å². The van der Waals surface area contributed by atoms with Crippen molar-refractivity contribution in [3.8, 4) is 0 Å². The summed E-state index contributed by atoms with van der Waals surface area (Å²) in [6, 6.07) is 1.57. The number of halogens is 3. The standard InChI is InChI=1S/C10H10Cl2FNO3S/c1-2-3-14-10(15)6-4-9(18(12,16)17)7(11)5-8(6)13/h4-5H,2-3H2,1H3,(H,14,15). The number of amides is 1. The summed E-state index contributed by atoms with van der Waals surface area (Å²) in [5.74, 6) is -1.62. The minimum absolute atomic E-state index is 0.351. The number of carbonyl (C=O) groups excluding carboxylic acids is 1. The van der Waals surface area contributed by atoms with Gasteiger partial charge in [0.15, 0.2) is 0 Å². The van der Waals surface area contributed by atoms with Crippen molar-refractivity contribution in [1.29, 1.82) is 0 Å². The average Bonchev–Trinajstić information content (AvgIpc) is 2.24. The molecule has 0 heterocycles. The van der Waals surface area contributed by atoms with Gasteiger partial charge >= 0.3 is 0 Å². The highest BCUT2D eigenvalue weighted by molar-refractivity contribution is 8.13. The summed E-state index contributed by atoms with van der Waals surface area (Å²) < 4.78 is 35.9. The van der Waals surface area contributed by atoms with Crippen molar-refractivity contribution < 1.29 is 17.6 Å². The normalized spacial score (nSPS) is 11.3. The van der Waals surface area contributed by atoms with E-state index in [0.717, 1.165) is 12.1 Å². The van der Waals surface area contributed by atoms with Crippen LogP contribution in [0, 0.1) is 5.82 Å². The van der Waals surface area contributed by atoms with Gasteiger partial charge in [-0.1, -0.05) is 18.5 Å². The molecule has 18 heavy (non-hydrogen) atoms. The summed E-state index contributed by atoms with van der Waals surface area (Å²) in [6.45, 7) is 2.18. The lowest BCUT2D eigenvalue weighted by molar-refractivity contribution is 0.0949. The molecule has 100 valence electrons. The minimum Gasteiger partial charge on any atom is -0.352 e. The molecule has 0 fully saturated rings. The van der Waals surface area contributed by atoms with Gasteiger partial charge in [0.25, 0.3) is 15.0 Å². The molecule has 0 aliphatic heterocycles. The first-order chi connectivity index (χ1) is 8.27. The zero-order valence-electron chi connectivity index (χ0n) is 9.34. The molecule has 1 amide bonds. The number of hydrogen-bond acceptors (Lipinski definition) is 3. The molecule has 0 aliphatic carbocycles. The fourth-order valence-electron chi connectivity index (χ4n) is 1.22. The van der Waals surface area contributed by atoms with E-state index in [9.17, 15) is 17.6 Å². The van der Waals surface area contributed by atoms with Gasteiger partial charge in [0, 0.05) is 17.2 Å². The second-order valence-electron chi connectivity index (χ2n) is 3.46. The maximum absolute atomic E-state index is 13.5. The van der Waals surface area contributed by atoms with Gasteiger partial charge in [-0.25, -0.2) is 12.8 Å². The van der Waals surface area contributed by atoms with Crippen molar-refractivity contribution in [2.45, 2.75) is 18.2 Å². The Balaban J connectivity index is 3.26. The molecular weight excluding hydrogens is 304 g/mol. The predicted octanol–water partition coefficient (Wildman–Crippen LogP) is 2.55. The van der Waals surface area contributed by atoms with Gasteiger partial charge in [0.1, 0.15) is 10.7 Å². The first kappa shape index (κ1) is 15.2. The van der Waals surface area contributed by atoms with Crippen molar-refractivity contribution >= 4 is 37.2 Å². The summed E-state index contributed by atoms with van der Waals surface area (Å²) in [4.78, 5) is 11.1. The first-order valence-corrected chi connectivity index (χ1v) is 7.68. The van der Waals surface area contributed by atoms with Crippen LogP contribution in [0.5, 0.6) is 0 Å². The molecule has 1 N–H and O–H groups in total. The smallest absolute Gasteiger partial charge is 0.262 e. The molecule has 8 heteroatoms. The molecule has 4 nitrogen and oxygen atoms in total. The highest BCUT2D eigenvalue weighted by Gasteiger charge is 2.21. The third kappa shape index (κ3) is 3.57. The quantitative estimate of drug-likeness (QED) is 0.869. The third-order valence-electron chi connectivity index (χ3n) is 2.06. The second-order valence-corrected chi connectivity index (χ2v) is 6.40. The highest BCUT2D eigenvalue weighted by atomic mass is 35.7. The molecule has 0 saturated carbocycles. The fraction of sp³-hybridized carbons (Fsp3) is 0.300. The third-order valence-corrected chi connectivity index (χ3v) is 3.85. The average molecular weight is 314 g/mol. The summed E-state index contributed by atoms with van der Waals surface area (Å²) in [5, 5.41) is 2.06. The largest absolute Gasteiger partial charge is 0.352 e. The topological polar surface area (TPSA) is 63.2 Å². The molecule has 0 spiro atoms. The van der Waals surface area contributed by atoms with Crippen LogP contribution in [0.25, 0.3) is 0 Å². The van der Waals surface area contributed by atoms with Crippen LogP contribution in [0.4, 0.5) is 4.39 Å². The van der Waals surface area contributed by atoms with Crippen LogP contribution >= 0.6 is 22.3 Å². The van der Waals surface area contributed by atoms with Crippen LogP contribution in [0.1, 0.15) is 23.7 Å². The van der Waals surface area contributed by atoms with Gasteiger partial charge in [-0.3, -0.25) is 4.79 Å². The van der Waals surface area contributed by atoms with Crippen molar-refractivity contribution in [2.75, 3.05) is 6.54 Å². The molecule has 1 aromatic rings. The second kappa shape index (κ2) is 5.86. The van der Waals surface area contributed by atoms with Crippen LogP contribution in [-0.4, -0.2) is 20.9 Å². The Hall–Kier alpha value is -0.850. The van der Waals surface area contributed by atoms with E-state index in [1.807, 2.05) is 6.92 Å². The Kier molecular flexibility index (Phi) is 4.95. The van der Waals surface area contributed by atoms with Crippen molar-refractivity contribution in [3.63, 3.8) is 0 Å². The lowest BCUT2D eigenvalue weighted by Gasteiger charge is -2.07. The zero-order chi connectivity index (χ0) is 13.9. The van der Waals surface area contributed by atoms with Crippen LogP contribution in [-0.2, 0) is 9.05 Å². The molecule has 0 aromatic heterocycles. The van der Waals surface area contributed by atoms with Gasteiger partial charge < -0.3 is 5.32 Å². The first-order valence-electron chi connectivity index (χ1n) is 4.99. The van der Waals surface area contributed by atoms with E-state index < -0.39 is 31.2 Å². The molecular formula is C10H10Cl2FNO3S. The number of nitrogens with one attached hydrogen (secondary N) is 1. The van der Waals surface area contributed by atoms with Crippen LogP contribution < -0.4 is 5.32 Å². The SMILES string of the molecule is CCCNC(=O)c1cc(S(=O)(=O)Cl)c(Cl)cc1F. The van der Waals surface area contributed by atoms with Gasteiger partial charge in [-0.15, -0.1) is 0 Å². The summed E-state index contributed by atoms with van der Waals surface area (Å²) >= 11 is 5.56. The number of carbonyl (C=O) groups is 1. The Labute approximate surface area is 114 Å². The Bertz CT molecular complexity index is 575. The molecule has 1 aromatic carbocycles. The zero-order valence-corrected chi connectivity index (χ0v) is 11.7. The van der Waals surface area contributed by atoms with E-state index in [0.29, 0.717) is 13.0 Å². The molecule has 0 atom stereocenters. The highest BCUT2D eigenvalue weighted by Crippen LogP contribution is 2.27. The van der Waals surface area contributed by atoms with E-state index in [4.69, 9.17) is 22.3 Å². The Morgan fingerprint density at radius 3 is 2.56 bits per heavy atom. The Morgan fingerprint density at radius 1 is 1.44 bits per heavy atom. The molecule has 0 radical (unpaired) electrons. The summed E-state index contributed by atoms with van der Waals surface area (Å²) in [5.41, 5.74) is -0.410. The van der Waals surface area contributed by atoms with Crippen molar-refractivity contribution in [3.05, 3.63) is 28.5 Å². The maximum atomic E-state index is 13.5. The number of benzene rings is 1. The van der Waals surface area contributed by atoms with Crippen LogP contribution in [0.15, 0.2) is 17.0 Å². The van der Waals surface area contributed by atoms with Gasteiger partial charge in [0.05, 0.1) is 10.6 Å². The van der Waals surface area contributed by atoms with Crippen LogP contribution in [0.3, 0.4) is 0 Å². The monoisotopic (exact) mass is 313 g/mol. The van der Waals surface area contributed by atoms with E-state index >= 15 is 0 Å². The van der Waals surface area contributed by atoms with E-state index in [2.05, 4.69) is 5.32 Å². The van der Waals surface area contributed by atoms with Gasteiger partial charge in [0.2, 0.25) is 0 Å². The van der Waals surface area contributed by atoms with E-state index in [1.54, 1.807) is 0 Å². The van der Waals surface area contributed by atoms with Crippen LogP contribution in [0.2, 0.25) is 5.02 Å². The molecule has 0 aliphatic rings. The minimum atomic E-state index is -4.13. The molecule has 0 bridgehead atoms. The summed E-state index contributed by atoms with van der Waals surface area (Å²) in [7, 11) is 0.998. The van der Waals surface area contributed by atoms with Crippen molar-refractivity contribution in [2.24, 2.45) is 0 Å². The molecule has 0 unspecified atom stereocenters. The van der Waals surface area contributed by atoms with Gasteiger partial charge in [-0.05, 0) is 18.6 Å². The predicted molar refractivity (Wildman–Crippen MR) is 67.1 cm³/mol. The maximum Gasteiger partial charge on any atom is 0.262 e. The lowest BCUT2D eigenvalue weighted by atomic mass is 10.2. The van der Waals surface area contributed by atoms with Crippen molar-refractivity contribution in [1.82, 2.24) is 5.32 Å². The van der Waals surface area contributed by atoms with E-state index in [1.165, 1.54) is 0 Å².